The number of carbonyl (C=O) groups is 3. The first kappa shape index (κ1) is 14.3. The van der Waals surface area contributed by atoms with E-state index in [4.69, 9.17) is 5.73 Å². The Bertz CT molecular complexity index is 714. The number of nitrogens with one attached hydrogen (secondary N) is 1. The van der Waals surface area contributed by atoms with Crippen molar-refractivity contribution >= 4 is 23.4 Å². The lowest BCUT2D eigenvalue weighted by Crippen LogP contribution is -2.58. The van der Waals surface area contributed by atoms with Crippen molar-refractivity contribution in [1.82, 2.24) is 10.2 Å². The summed E-state index contributed by atoms with van der Waals surface area (Å²) in [5.74, 6) is -5.38. The van der Waals surface area contributed by atoms with Gasteiger partial charge in [-0.3, -0.25) is 24.6 Å². The molecular formula is C13H13N3O6. The van der Waals surface area contributed by atoms with Crippen LogP contribution in [0.1, 0.15) is 28.8 Å². The lowest BCUT2D eigenvalue weighted by atomic mass is 10.0. The van der Waals surface area contributed by atoms with E-state index in [1.165, 1.54) is 6.07 Å². The molecule has 0 radical (unpaired) electrons. The molecule has 9 nitrogen and oxygen atoms in total. The van der Waals surface area contributed by atoms with Gasteiger partial charge < -0.3 is 21.1 Å². The molecule has 1 fully saturated rings. The summed E-state index contributed by atoms with van der Waals surface area (Å²) in [5.41, 5.74) is 4.77. The van der Waals surface area contributed by atoms with Crippen molar-refractivity contribution in [2.24, 2.45) is 0 Å². The maximum atomic E-state index is 12.4. The normalized spacial score (nSPS) is 23.5. The lowest BCUT2D eigenvalue weighted by Gasteiger charge is -2.36. The number of imide groups is 1. The Balaban J connectivity index is 2.09. The molecule has 1 aromatic rings. The number of hydrogen-bond donors (Lipinski definition) is 5. The van der Waals surface area contributed by atoms with Gasteiger partial charge in [0, 0.05) is 6.42 Å². The SMILES string of the molecule is Nc1c(O)ccc2c1C(O)(O)N(C1CCC(=O)NC1=O)C2=O. The lowest BCUT2D eigenvalue weighted by molar-refractivity contribution is -0.258. The first-order valence-electron chi connectivity index (χ1n) is 6.49. The summed E-state index contributed by atoms with van der Waals surface area (Å²) in [6.07, 6.45) is -0.0769. The number of hydrogen-bond acceptors (Lipinski definition) is 7. The topological polar surface area (TPSA) is 153 Å². The molecular weight excluding hydrogens is 294 g/mol. The maximum absolute atomic E-state index is 12.4. The van der Waals surface area contributed by atoms with Gasteiger partial charge in [-0.05, 0) is 18.6 Å². The quantitative estimate of drug-likeness (QED) is 0.180. The standard InChI is InChI=1S/C13H13N3O6/c14-10-7(17)3-1-5-9(10)13(21,22)16(12(5)20)6-2-4-8(18)15-11(6)19/h1,3,6,17,21-22H,2,4,14H2,(H,15,18,19). The fraction of sp³-hybridized carbons (Fsp3) is 0.308. The van der Waals surface area contributed by atoms with Crippen LogP contribution in [0.15, 0.2) is 12.1 Å². The van der Waals surface area contributed by atoms with Crippen LogP contribution < -0.4 is 11.1 Å². The highest BCUT2D eigenvalue weighted by Crippen LogP contribution is 2.43. The second-order valence-electron chi connectivity index (χ2n) is 5.20. The van der Waals surface area contributed by atoms with Crippen molar-refractivity contribution in [1.29, 1.82) is 0 Å². The highest BCUT2D eigenvalue weighted by atomic mass is 16.5. The van der Waals surface area contributed by atoms with Crippen LogP contribution in [0.4, 0.5) is 5.69 Å². The number of nitrogen functional groups attached to an aromatic ring is 1. The first-order chi connectivity index (χ1) is 10.2. The molecule has 0 bridgehead atoms. The number of aromatic hydroxyl groups is 1. The van der Waals surface area contributed by atoms with E-state index < -0.39 is 35.4 Å². The Morgan fingerprint density at radius 2 is 1.95 bits per heavy atom. The number of amides is 3. The van der Waals surface area contributed by atoms with Crippen molar-refractivity contribution in [2.45, 2.75) is 24.8 Å². The van der Waals surface area contributed by atoms with E-state index in [1.807, 2.05) is 5.32 Å². The van der Waals surface area contributed by atoms with E-state index in [0.29, 0.717) is 4.90 Å². The van der Waals surface area contributed by atoms with E-state index in [0.717, 1.165) is 6.07 Å². The predicted octanol–water partition coefficient (Wildman–Crippen LogP) is -1.67. The zero-order chi connectivity index (χ0) is 16.2. The van der Waals surface area contributed by atoms with Crippen molar-refractivity contribution in [2.75, 3.05) is 5.73 Å². The average molecular weight is 307 g/mol. The summed E-state index contributed by atoms with van der Waals surface area (Å²) in [4.78, 5) is 36.1. The van der Waals surface area contributed by atoms with Gasteiger partial charge in [-0.1, -0.05) is 0 Å². The smallest absolute Gasteiger partial charge is 0.281 e. The molecule has 22 heavy (non-hydrogen) atoms. The number of carbonyl (C=O) groups excluding carboxylic acids is 3. The Labute approximate surface area is 123 Å². The number of anilines is 1. The Morgan fingerprint density at radius 3 is 2.59 bits per heavy atom. The van der Waals surface area contributed by atoms with Gasteiger partial charge >= 0.3 is 0 Å². The van der Waals surface area contributed by atoms with Crippen LogP contribution in [0.25, 0.3) is 0 Å². The number of piperidine rings is 1. The molecule has 0 spiro atoms. The summed E-state index contributed by atoms with van der Waals surface area (Å²) < 4.78 is 0. The predicted molar refractivity (Wildman–Crippen MR) is 71.0 cm³/mol. The van der Waals surface area contributed by atoms with Gasteiger partial charge in [0.05, 0.1) is 16.8 Å². The molecule has 1 saturated heterocycles. The van der Waals surface area contributed by atoms with Crippen molar-refractivity contribution in [3.63, 3.8) is 0 Å². The Hall–Kier alpha value is -2.65. The minimum absolute atomic E-state index is 0.0344. The van der Waals surface area contributed by atoms with Crippen LogP contribution >= 0.6 is 0 Å². The fourth-order valence-corrected chi connectivity index (χ4v) is 2.83. The summed E-state index contributed by atoms with van der Waals surface area (Å²) in [5, 5.41) is 32.3. The summed E-state index contributed by atoms with van der Waals surface area (Å²) in [6.45, 7) is 0. The van der Waals surface area contributed by atoms with E-state index >= 15 is 0 Å². The average Bonchev–Trinajstić information content (AvgIpc) is 2.63. The molecule has 3 rings (SSSR count). The highest BCUT2D eigenvalue weighted by molar-refractivity contribution is 6.07. The third-order valence-corrected chi connectivity index (χ3v) is 3.86. The molecule has 0 saturated carbocycles. The minimum Gasteiger partial charge on any atom is -0.506 e. The molecule has 2 aliphatic heterocycles. The molecule has 2 heterocycles. The van der Waals surface area contributed by atoms with E-state index in [-0.39, 0.29) is 29.7 Å². The molecule has 116 valence electrons. The van der Waals surface area contributed by atoms with Gasteiger partial charge in [0.25, 0.3) is 11.8 Å². The number of nitrogens with two attached hydrogens (primary N) is 1. The minimum atomic E-state index is -2.85. The third-order valence-electron chi connectivity index (χ3n) is 3.86. The number of phenols is 1. The number of phenolic OH excluding ortho intramolecular Hbond substituents is 1. The summed E-state index contributed by atoms with van der Waals surface area (Å²) in [7, 11) is 0. The molecule has 9 heteroatoms. The van der Waals surface area contributed by atoms with Gasteiger partial charge in [0.2, 0.25) is 11.8 Å². The summed E-state index contributed by atoms with van der Waals surface area (Å²) in [6, 6.07) is 1.11. The first-order valence-corrected chi connectivity index (χ1v) is 6.49. The van der Waals surface area contributed by atoms with Crippen LogP contribution in [-0.4, -0.2) is 44.0 Å². The van der Waals surface area contributed by atoms with Gasteiger partial charge in [-0.2, -0.15) is 0 Å². The molecule has 1 unspecified atom stereocenters. The van der Waals surface area contributed by atoms with Gasteiger partial charge in [-0.15, -0.1) is 0 Å². The second kappa shape index (κ2) is 4.42. The van der Waals surface area contributed by atoms with E-state index in [2.05, 4.69) is 0 Å². The number of benzene rings is 1. The second-order valence-corrected chi connectivity index (χ2v) is 5.20. The molecule has 3 amide bonds. The largest absolute Gasteiger partial charge is 0.506 e. The van der Waals surface area contributed by atoms with E-state index in [1.54, 1.807) is 0 Å². The number of nitrogens with zero attached hydrogens (tertiary/aromatic N) is 1. The number of fused-ring (bicyclic) bond motifs is 1. The monoisotopic (exact) mass is 307 g/mol. The van der Waals surface area contributed by atoms with Crippen LogP contribution in [0, 0.1) is 0 Å². The number of rotatable bonds is 1. The molecule has 0 aliphatic carbocycles. The van der Waals surface area contributed by atoms with Crippen LogP contribution in [-0.2, 0) is 15.5 Å². The van der Waals surface area contributed by atoms with Crippen molar-refractivity contribution in [3.05, 3.63) is 23.3 Å². The Kier molecular flexibility index (Phi) is 2.87. The van der Waals surface area contributed by atoms with Crippen LogP contribution in [0.3, 0.4) is 0 Å². The van der Waals surface area contributed by atoms with Gasteiger partial charge in [0.15, 0.2) is 0 Å². The highest BCUT2D eigenvalue weighted by Gasteiger charge is 2.54. The Morgan fingerprint density at radius 1 is 1.27 bits per heavy atom. The van der Waals surface area contributed by atoms with Crippen molar-refractivity contribution in [3.8, 4) is 5.75 Å². The zero-order valence-electron chi connectivity index (χ0n) is 11.2. The molecule has 0 aromatic heterocycles. The van der Waals surface area contributed by atoms with Gasteiger partial charge in [0.1, 0.15) is 11.8 Å². The summed E-state index contributed by atoms with van der Waals surface area (Å²) >= 11 is 0. The van der Waals surface area contributed by atoms with Gasteiger partial charge in [-0.25, -0.2) is 0 Å². The molecule has 1 atom stereocenters. The third kappa shape index (κ3) is 1.76. The molecule has 6 N–H and O–H groups in total. The van der Waals surface area contributed by atoms with Crippen molar-refractivity contribution < 1.29 is 29.7 Å². The molecule has 2 aliphatic rings. The molecule has 1 aromatic carbocycles. The van der Waals surface area contributed by atoms with Crippen LogP contribution in [0.2, 0.25) is 0 Å². The van der Waals surface area contributed by atoms with E-state index in [9.17, 15) is 29.7 Å². The zero-order valence-corrected chi connectivity index (χ0v) is 11.2. The maximum Gasteiger partial charge on any atom is 0.281 e. The van der Waals surface area contributed by atoms with Crippen LogP contribution in [0.5, 0.6) is 5.75 Å². The number of aliphatic hydroxyl groups is 2. The fourth-order valence-electron chi connectivity index (χ4n) is 2.83.